The maximum absolute atomic E-state index is 11.2. The van der Waals surface area contributed by atoms with Gasteiger partial charge in [-0.1, -0.05) is 67.2 Å². The van der Waals surface area contributed by atoms with Gasteiger partial charge in [-0.2, -0.15) is 10.5 Å². The predicted octanol–water partition coefficient (Wildman–Crippen LogP) is 5.13. The van der Waals surface area contributed by atoms with E-state index >= 15 is 0 Å². The fourth-order valence-electron chi connectivity index (χ4n) is 2.37. The second kappa shape index (κ2) is 19.1. The van der Waals surface area contributed by atoms with Gasteiger partial charge in [-0.3, -0.25) is 4.79 Å². The molecule has 6 nitrogen and oxygen atoms in total. The number of ether oxygens (including phenoxy) is 2. The summed E-state index contributed by atoms with van der Waals surface area (Å²) < 4.78 is 9.26. The lowest BCUT2D eigenvalue weighted by Gasteiger charge is -2.08. The largest absolute Gasteiger partial charge is 0.466 e. The highest BCUT2D eigenvalue weighted by Gasteiger charge is 2.12. The molecule has 0 saturated heterocycles. The van der Waals surface area contributed by atoms with Crippen molar-refractivity contribution < 1.29 is 19.1 Å². The van der Waals surface area contributed by atoms with Crippen molar-refractivity contribution >= 4 is 11.9 Å². The molecule has 6 heteroatoms. The van der Waals surface area contributed by atoms with Crippen LogP contribution in [0.3, 0.4) is 0 Å². The van der Waals surface area contributed by atoms with Crippen molar-refractivity contribution in [2.24, 2.45) is 0 Å². The molecule has 0 radical (unpaired) electrons. The van der Waals surface area contributed by atoms with Crippen LogP contribution in [-0.4, -0.2) is 25.2 Å². The summed E-state index contributed by atoms with van der Waals surface area (Å²) >= 11 is 0. The maximum Gasteiger partial charge on any atom is 0.330 e. The Balaban J connectivity index is 0.000000506. The smallest absolute Gasteiger partial charge is 0.330 e. The molecule has 2 rings (SSSR count). The van der Waals surface area contributed by atoms with Crippen LogP contribution < -0.4 is 0 Å². The van der Waals surface area contributed by atoms with E-state index < -0.39 is 0 Å². The summed E-state index contributed by atoms with van der Waals surface area (Å²) in [6, 6.07) is 23.5. The van der Waals surface area contributed by atoms with Gasteiger partial charge in [0.1, 0.15) is 0 Å². The number of nitriles is 2. The molecule has 0 heterocycles. The number of hydrogen-bond donors (Lipinski definition) is 0. The molecule has 0 aliphatic rings. The quantitative estimate of drug-likeness (QED) is 0.422. The minimum Gasteiger partial charge on any atom is -0.466 e. The fourth-order valence-corrected chi connectivity index (χ4v) is 2.37. The van der Waals surface area contributed by atoms with Crippen LogP contribution in [-0.2, 0) is 25.5 Å². The molecule has 0 spiro atoms. The molecular weight excluding hydrogens is 404 g/mol. The van der Waals surface area contributed by atoms with E-state index in [9.17, 15) is 9.59 Å². The molecule has 1 atom stereocenters. The van der Waals surface area contributed by atoms with E-state index in [-0.39, 0.29) is 17.9 Å². The molecule has 0 fully saturated rings. The summed E-state index contributed by atoms with van der Waals surface area (Å²) in [7, 11) is 0. The molecule has 0 aromatic heterocycles. The topological polar surface area (TPSA) is 100 Å². The summed E-state index contributed by atoms with van der Waals surface area (Å²) in [5.41, 5.74) is 2.04. The first-order chi connectivity index (χ1) is 15.5. The number of nitrogens with zero attached hydrogens (tertiary/aromatic N) is 2. The summed E-state index contributed by atoms with van der Waals surface area (Å²) in [6.07, 6.45) is 2.46. The lowest BCUT2D eigenvalue weighted by molar-refractivity contribution is -0.143. The van der Waals surface area contributed by atoms with Crippen molar-refractivity contribution in [3.63, 3.8) is 0 Å². The second-order valence-electron chi connectivity index (χ2n) is 6.21. The first-order valence-corrected chi connectivity index (χ1v) is 10.3. The van der Waals surface area contributed by atoms with Crippen LogP contribution in [0.4, 0.5) is 0 Å². The standard InChI is InChI=1S/C13H15NO2.C8H7N.C5H8O2/c1-2-16-13(15)9-8-12(10-14)11-6-4-3-5-7-11;9-7-6-8-4-2-1-3-5-8;1-3-5(6)7-4-2/h3-7,12H,2,8-9H2,1H3;1-5H,6H2;3H,1,4H2,2H3. The van der Waals surface area contributed by atoms with Gasteiger partial charge in [0, 0.05) is 12.5 Å². The fraction of sp³-hybridized carbons (Fsp3) is 0.308. The van der Waals surface area contributed by atoms with Gasteiger partial charge in [0.05, 0.1) is 37.7 Å². The van der Waals surface area contributed by atoms with Crippen molar-refractivity contribution in [2.45, 2.75) is 39.0 Å². The van der Waals surface area contributed by atoms with E-state index in [4.69, 9.17) is 15.3 Å². The van der Waals surface area contributed by atoms with E-state index in [2.05, 4.69) is 23.5 Å². The molecule has 0 bridgehead atoms. The number of benzene rings is 2. The van der Waals surface area contributed by atoms with Crippen LogP contribution in [0.15, 0.2) is 73.3 Å². The van der Waals surface area contributed by atoms with E-state index in [0.29, 0.717) is 32.5 Å². The molecule has 0 saturated carbocycles. The Morgan fingerprint density at radius 1 is 0.969 bits per heavy atom. The third kappa shape index (κ3) is 14.1. The van der Waals surface area contributed by atoms with Gasteiger partial charge in [-0.15, -0.1) is 0 Å². The highest BCUT2D eigenvalue weighted by atomic mass is 16.5. The summed E-state index contributed by atoms with van der Waals surface area (Å²) in [5.74, 6) is -0.827. The third-order valence-corrected chi connectivity index (χ3v) is 3.88. The molecule has 0 aliphatic carbocycles. The SMILES string of the molecule is C=CC(=O)OCC.CCOC(=O)CCC(C#N)c1ccccc1.N#CCc1ccccc1. The zero-order chi connectivity index (χ0) is 24.0. The molecule has 1 unspecified atom stereocenters. The van der Waals surface area contributed by atoms with Gasteiger partial charge in [0.2, 0.25) is 0 Å². The first kappa shape index (κ1) is 28.1. The third-order valence-electron chi connectivity index (χ3n) is 3.88. The summed E-state index contributed by atoms with van der Waals surface area (Å²) in [6.45, 7) is 7.54. The minimum absolute atomic E-state index is 0.231. The first-order valence-electron chi connectivity index (χ1n) is 10.3. The summed E-state index contributed by atoms with van der Waals surface area (Å²) in [5, 5.41) is 17.3. The zero-order valence-electron chi connectivity index (χ0n) is 18.7. The highest BCUT2D eigenvalue weighted by Crippen LogP contribution is 2.20. The van der Waals surface area contributed by atoms with Crippen LogP contribution in [0.2, 0.25) is 0 Å². The van der Waals surface area contributed by atoms with Crippen LogP contribution in [0.25, 0.3) is 0 Å². The Kier molecular flexibility index (Phi) is 16.8. The van der Waals surface area contributed by atoms with Gasteiger partial charge in [-0.05, 0) is 31.4 Å². The second-order valence-corrected chi connectivity index (χ2v) is 6.21. The van der Waals surface area contributed by atoms with E-state index in [0.717, 1.165) is 17.2 Å². The van der Waals surface area contributed by atoms with Gasteiger partial charge in [0.25, 0.3) is 0 Å². The van der Waals surface area contributed by atoms with Crippen molar-refractivity contribution in [3.8, 4) is 12.1 Å². The molecule has 2 aromatic carbocycles. The zero-order valence-corrected chi connectivity index (χ0v) is 18.7. The Bertz CT molecular complexity index is 868. The molecular formula is C26H30N2O4. The average molecular weight is 435 g/mol. The van der Waals surface area contributed by atoms with Gasteiger partial charge in [0.15, 0.2) is 0 Å². The lowest BCUT2D eigenvalue weighted by atomic mass is 9.96. The van der Waals surface area contributed by atoms with E-state index in [1.807, 2.05) is 60.7 Å². The van der Waals surface area contributed by atoms with Gasteiger partial charge in [-0.25, -0.2) is 4.79 Å². The normalized spacial score (nSPS) is 9.75. The maximum atomic E-state index is 11.2. The molecule has 168 valence electrons. The minimum atomic E-state index is -0.359. The Hall–Kier alpha value is -3.90. The van der Waals surface area contributed by atoms with Crippen molar-refractivity contribution in [3.05, 3.63) is 84.4 Å². The number of carbonyl (C=O) groups excluding carboxylic acids is 2. The number of hydrogen-bond acceptors (Lipinski definition) is 6. The molecule has 0 amide bonds. The van der Waals surface area contributed by atoms with E-state index in [1.165, 1.54) is 0 Å². The summed E-state index contributed by atoms with van der Waals surface area (Å²) in [4.78, 5) is 21.2. The number of carbonyl (C=O) groups is 2. The molecule has 32 heavy (non-hydrogen) atoms. The monoisotopic (exact) mass is 434 g/mol. The van der Waals surface area contributed by atoms with Crippen molar-refractivity contribution in [1.82, 2.24) is 0 Å². The van der Waals surface area contributed by atoms with Crippen LogP contribution >= 0.6 is 0 Å². The Morgan fingerprint density at radius 2 is 1.53 bits per heavy atom. The molecule has 2 aromatic rings. The highest BCUT2D eigenvalue weighted by molar-refractivity contribution is 5.81. The number of esters is 2. The molecule has 0 N–H and O–H groups in total. The van der Waals surface area contributed by atoms with Crippen molar-refractivity contribution in [2.75, 3.05) is 13.2 Å². The van der Waals surface area contributed by atoms with Crippen LogP contribution in [0.1, 0.15) is 43.7 Å². The van der Waals surface area contributed by atoms with Gasteiger partial charge < -0.3 is 9.47 Å². The van der Waals surface area contributed by atoms with Gasteiger partial charge >= 0.3 is 11.9 Å². The lowest BCUT2D eigenvalue weighted by Crippen LogP contribution is -2.06. The van der Waals surface area contributed by atoms with Crippen LogP contribution in [0, 0.1) is 22.7 Å². The average Bonchev–Trinajstić information content (AvgIpc) is 2.82. The van der Waals surface area contributed by atoms with E-state index in [1.54, 1.807) is 13.8 Å². The predicted molar refractivity (Wildman–Crippen MR) is 123 cm³/mol. The molecule has 0 aliphatic heterocycles. The van der Waals surface area contributed by atoms with Crippen LogP contribution in [0.5, 0.6) is 0 Å². The Labute approximate surface area is 190 Å². The van der Waals surface area contributed by atoms with Crippen molar-refractivity contribution in [1.29, 1.82) is 10.5 Å². The Morgan fingerprint density at radius 3 is 1.97 bits per heavy atom. The number of rotatable bonds is 8.